The van der Waals surface area contributed by atoms with Crippen molar-refractivity contribution >= 4 is 37.4 Å². The molecule has 0 aliphatic heterocycles. The predicted molar refractivity (Wildman–Crippen MR) is 90.2 cm³/mol. The molecule has 0 aliphatic carbocycles. The van der Waals surface area contributed by atoms with Crippen molar-refractivity contribution in [2.24, 2.45) is 0 Å². The van der Waals surface area contributed by atoms with Crippen LogP contribution in [0.3, 0.4) is 0 Å². The van der Waals surface area contributed by atoms with E-state index in [9.17, 15) is 0 Å². The fourth-order valence-electron chi connectivity index (χ4n) is 2.32. The van der Waals surface area contributed by atoms with Gasteiger partial charge in [-0.05, 0) is 35.6 Å². The molecule has 3 rings (SSSR count). The first-order chi connectivity index (χ1) is 9.78. The van der Waals surface area contributed by atoms with E-state index in [0.717, 1.165) is 12.2 Å². The van der Waals surface area contributed by atoms with Crippen LogP contribution in [0.4, 0.5) is 0 Å². The van der Waals surface area contributed by atoms with Crippen molar-refractivity contribution < 1.29 is 4.74 Å². The highest BCUT2D eigenvalue weighted by atomic mass is 79.9. The van der Waals surface area contributed by atoms with Crippen LogP contribution in [0.15, 0.2) is 54.6 Å². The smallest absolute Gasteiger partial charge is 0.122 e. The number of para-hydroxylation sites is 1. The summed E-state index contributed by atoms with van der Waals surface area (Å²) in [6, 6.07) is 19.0. The van der Waals surface area contributed by atoms with E-state index in [4.69, 9.17) is 4.74 Å². The highest BCUT2D eigenvalue weighted by Gasteiger charge is 2.14. The standard InChI is InChI=1S/C17H15BrOS/c1-19-15-8-4-2-6-12(15)10-14(18)17-11-13-7-3-5-9-16(13)20-17/h2-9,11,14H,10H2,1H3. The fourth-order valence-corrected chi connectivity index (χ4v) is 4.13. The predicted octanol–water partition coefficient (Wildman–Crippen LogP) is 5.59. The first-order valence-electron chi connectivity index (χ1n) is 6.52. The van der Waals surface area contributed by atoms with Gasteiger partial charge in [-0.1, -0.05) is 52.3 Å². The van der Waals surface area contributed by atoms with Crippen molar-refractivity contribution in [2.45, 2.75) is 11.2 Å². The van der Waals surface area contributed by atoms with E-state index < -0.39 is 0 Å². The number of methoxy groups -OCH3 is 1. The third-order valence-electron chi connectivity index (χ3n) is 3.34. The molecule has 102 valence electrons. The first-order valence-corrected chi connectivity index (χ1v) is 8.25. The maximum atomic E-state index is 5.42. The van der Waals surface area contributed by atoms with Gasteiger partial charge in [0.1, 0.15) is 5.75 Å². The number of fused-ring (bicyclic) bond motifs is 1. The third-order valence-corrected chi connectivity index (χ3v) is 5.69. The van der Waals surface area contributed by atoms with Crippen LogP contribution in [-0.4, -0.2) is 7.11 Å². The van der Waals surface area contributed by atoms with Gasteiger partial charge in [-0.3, -0.25) is 0 Å². The molecule has 0 saturated heterocycles. The average molecular weight is 347 g/mol. The highest BCUT2D eigenvalue weighted by Crippen LogP contribution is 2.37. The van der Waals surface area contributed by atoms with Gasteiger partial charge in [0.25, 0.3) is 0 Å². The summed E-state index contributed by atoms with van der Waals surface area (Å²) in [5, 5.41) is 1.32. The van der Waals surface area contributed by atoms with Crippen LogP contribution in [0.25, 0.3) is 10.1 Å². The van der Waals surface area contributed by atoms with E-state index in [1.165, 1.54) is 20.5 Å². The van der Waals surface area contributed by atoms with Gasteiger partial charge < -0.3 is 4.74 Å². The molecule has 0 radical (unpaired) electrons. The summed E-state index contributed by atoms with van der Waals surface area (Å²) >= 11 is 5.67. The highest BCUT2D eigenvalue weighted by molar-refractivity contribution is 9.09. The lowest BCUT2D eigenvalue weighted by Gasteiger charge is -2.11. The van der Waals surface area contributed by atoms with E-state index in [2.05, 4.69) is 58.4 Å². The van der Waals surface area contributed by atoms with E-state index in [0.29, 0.717) is 4.83 Å². The lowest BCUT2D eigenvalue weighted by atomic mass is 10.1. The zero-order chi connectivity index (χ0) is 13.9. The van der Waals surface area contributed by atoms with Gasteiger partial charge in [0.05, 0.1) is 11.9 Å². The van der Waals surface area contributed by atoms with Crippen molar-refractivity contribution in [2.75, 3.05) is 7.11 Å². The minimum Gasteiger partial charge on any atom is -0.496 e. The molecule has 3 heteroatoms. The molecule has 0 amide bonds. The number of benzene rings is 2. The monoisotopic (exact) mass is 346 g/mol. The zero-order valence-electron chi connectivity index (χ0n) is 11.2. The van der Waals surface area contributed by atoms with Crippen LogP contribution in [0, 0.1) is 0 Å². The summed E-state index contributed by atoms with van der Waals surface area (Å²) in [6.45, 7) is 0. The van der Waals surface area contributed by atoms with E-state index >= 15 is 0 Å². The minimum absolute atomic E-state index is 0.316. The Kier molecular flexibility index (Phi) is 4.08. The number of rotatable bonds is 4. The summed E-state index contributed by atoms with van der Waals surface area (Å²) in [5.74, 6) is 0.957. The molecular formula is C17H15BrOS. The summed E-state index contributed by atoms with van der Waals surface area (Å²) in [5.41, 5.74) is 1.23. The second kappa shape index (κ2) is 5.98. The van der Waals surface area contributed by atoms with E-state index in [1.54, 1.807) is 7.11 Å². The Labute approximate surface area is 131 Å². The van der Waals surface area contributed by atoms with Gasteiger partial charge >= 0.3 is 0 Å². The number of halogens is 1. The van der Waals surface area contributed by atoms with E-state index in [1.807, 2.05) is 23.5 Å². The Balaban J connectivity index is 1.87. The molecule has 2 aromatic carbocycles. The summed E-state index contributed by atoms with van der Waals surface area (Å²) in [7, 11) is 1.72. The van der Waals surface area contributed by atoms with Gasteiger partial charge in [-0.25, -0.2) is 0 Å². The Morgan fingerprint density at radius 1 is 1.10 bits per heavy atom. The van der Waals surface area contributed by atoms with Crippen molar-refractivity contribution in [3.8, 4) is 5.75 Å². The number of thiophene rings is 1. The van der Waals surface area contributed by atoms with Crippen molar-refractivity contribution in [3.63, 3.8) is 0 Å². The van der Waals surface area contributed by atoms with Crippen LogP contribution in [0.2, 0.25) is 0 Å². The van der Waals surface area contributed by atoms with Crippen LogP contribution < -0.4 is 4.74 Å². The lowest BCUT2D eigenvalue weighted by molar-refractivity contribution is 0.409. The fraction of sp³-hybridized carbons (Fsp3) is 0.176. The van der Waals surface area contributed by atoms with Crippen molar-refractivity contribution in [3.05, 3.63) is 65.0 Å². The zero-order valence-corrected chi connectivity index (χ0v) is 13.6. The maximum Gasteiger partial charge on any atom is 0.122 e. The van der Waals surface area contributed by atoms with Crippen LogP contribution in [0.1, 0.15) is 15.3 Å². The summed E-state index contributed by atoms with van der Waals surface area (Å²) in [6.07, 6.45) is 0.927. The molecule has 1 heterocycles. The molecule has 1 atom stereocenters. The Morgan fingerprint density at radius 3 is 2.65 bits per heavy atom. The Bertz CT molecular complexity index is 687. The second-order valence-electron chi connectivity index (χ2n) is 4.67. The quantitative estimate of drug-likeness (QED) is 0.559. The first kappa shape index (κ1) is 13.7. The molecular weight excluding hydrogens is 332 g/mol. The molecule has 1 unspecified atom stereocenters. The minimum atomic E-state index is 0.316. The SMILES string of the molecule is COc1ccccc1CC(Br)c1cc2ccccc2s1. The Morgan fingerprint density at radius 2 is 1.85 bits per heavy atom. The van der Waals surface area contributed by atoms with Gasteiger partial charge in [0.15, 0.2) is 0 Å². The molecule has 0 saturated carbocycles. The molecule has 0 fully saturated rings. The van der Waals surface area contributed by atoms with Gasteiger partial charge in [0, 0.05) is 9.58 Å². The van der Waals surface area contributed by atoms with Crippen molar-refractivity contribution in [1.82, 2.24) is 0 Å². The second-order valence-corrected chi connectivity index (χ2v) is 6.89. The number of ether oxygens (including phenoxy) is 1. The van der Waals surface area contributed by atoms with Gasteiger partial charge in [0.2, 0.25) is 0 Å². The normalized spacial score (nSPS) is 12.5. The molecule has 1 aromatic heterocycles. The number of hydrogen-bond acceptors (Lipinski definition) is 2. The third kappa shape index (κ3) is 2.74. The number of hydrogen-bond donors (Lipinski definition) is 0. The lowest BCUT2D eigenvalue weighted by Crippen LogP contribution is -1.96. The topological polar surface area (TPSA) is 9.23 Å². The number of alkyl halides is 1. The largest absolute Gasteiger partial charge is 0.496 e. The van der Waals surface area contributed by atoms with Crippen LogP contribution in [0.5, 0.6) is 5.75 Å². The molecule has 0 N–H and O–H groups in total. The van der Waals surface area contributed by atoms with Gasteiger partial charge in [-0.2, -0.15) is 0 Å². The molecule has 1 nitrogen and oxygen atoms in total. The van der Waals surface area contributed by atoms with Crippen molar-refractivity contribution in [1.29, 1.82) is 0 Å². The molecule has 0 aliphatic rings. The van der Waals surface area contributed by atoms with E-state index in [-0.39, 0.29) is 0 Å². The average Bonchev–Trinajstić information content (AvgIpc) is 2.92. The summed E-state index contributed by atoms with van der Waals surface area (Å²) < 4.78 is 6.76. The molecule has 0 spiro atoms. The molecule has 20 heavy (non-hydrogen) atoms. The summed E-state index contributed by atoms with van der Waals surface area (Å²) in [4.78, 5) is 1.67. The maximum absolute atomic E-state index is 5.42. The Hall–Kier alpha value is -1.32. The van der Waals surface area contributed by atoms with Crippen LogP contribution >= 0.6 is 27.3 Å². The molecule has 0 bridgehead atoms. The van der Waals surface area contributed by atoms with Crippen LogP contribution in [-0.2, 0) is 6.42 Å². The molecule has 3 aromatic rings. The van der Waals surface area contributed by atoms with Gasteiger partial charge in [-0.15, -0.1) is 11.3 Å².